The molecule has 0 aromatic carbocycles. The van der Waals surface area contributed by atoms with Crippen LogP contribution >= 0.6 is 11.8 Å². The molecule has 0 saturated carbocycles. The lowest BCUT2D eigenvalue weighted by Gasteiger charge is -2.31. The zero-order valence-corrected chi connectivity index (χ0v) is 14.0. The molecule has 0 spiro atoms. The molecule has 4 nitrogen and oxygen atoms in total. The molecule has 0 saturated heterocycles. The molecule has 20 heavy (non-hydrogen) atoms. The van der Waals surface area contributed by atoms with E-state index in [1.165, 1.54) is 0 Å². The maximum absolute atomic E-state index is 12.5. The van der Waals surface area contributed by atoms with E-state index in [2.05, 4.69) is 11.9 Å². The van der Waals surface area contributed by atoms with Gasteiger partial charge in [0.15, 0.2) is 0 Å². The van der Waals surface area contributed by atoms with Crippen LogP contribution in [0.3, 0.4) is 0 Å². The number of hydrogen-bond donors (Lipinski definition) is 2. The highest BCUT2D eigenvalue weighted by atomic mass is 32.2. The molecule has 5 heteroatoms. The Morgan fingerprint density at radius 1 is 1.40 bits per heavy atom. The Kier molecular flexibility index (Phi) is 7.94. The van der Waals surface area contributed by atoms with Gasteiger partial charge in [0.25, 0.3) is 0 Å². The SMILES string of the molecule is C=CCC[C@H](C(N)=O)C(C(=O)NC(C)(C)SC)C(C)C. The second-order valence-electron chi connectivity index (χ2n) is 5.85. The van der Waals surface area contributed by atoms with Crippen molar-refractivity contribution in [3.8, 4) is 0 Å². The fourth-order valence-electron chi connectivity index (χ4n) is 2.18. The highest BCUT2D eigenvalue weighted by Crippen LogP contribution is 2.27. The van der Waals surface area contributed by atoms with Crippen LogP contribution in [0.25, 0.3) is 0 Å². The maximum Gasteiger partial charge on any atom is 0.225 e. The summed E-state index contributed by atoms with van der Waals surface area (Å²) in [7, 11) is 0. The maximum atomic E-state index is 12.5. The number of primary amides is 1. The van der Waals surface area contributed by atoms with Gasteiger partial charge in [-0.05, 0) is 38.9 Å². The molecule has 0 aliphatic carbocycles. The van der Waals surface area contributed by atoms with E-state index in [0.29, 0.717) is 12.8 Å². The first-order valence-electron chi connectivity index (χ1n) is 6.93. The van der Waals surface area contributed by atoms with Crippen molar-refractivity contribution in [1.29, 1.82) is 0 Å². The third-order valence-corrected chi connectivity index (χ3v) is 4.56. The lowest BCUT2D eigenvalue weighted by Crippen LogP contribution is -2.49. The summed E-state index contributed by atoms with van der Waals surface area (Å²) in [5.41, 5.74) is 5.49. The molecule has 0 aliphatic rings. The molecule has 3 N–H and O–H groups in total. The highest BCUT2D eigenvalue weighted by Gasteiger charge is 2.36. The van der Waals surface area contributed by atoms with Crippen molar-refractivity contribution in [3.63, 3.8) is 0 Å². The van der Waals surface area contributed by atoms with Gasteiger partial charge in [-0.3, -0.25) is 9.59 Å². The van der Waals surface area contributed by atoms with Gasteiger partial charge in [-0.15, -0.1) is 18.3 Å². The predicted molar refractivity (Wildman–Crippen MR) is 86.2 cm³/mol. The van der Waals surface area contributed by atoms with Crippen molar-refractivity contribution >= 4 is 23.6 Å². The fourth-order valence-corrected chi connectivity index (χ4v) is 2.38. The minimum absolute atomic E-state index is 0.0509. The number of allylic oxidation sites excluding steroid dienone is 1. The molecule has 0 aromatic rings. The Balaban J connectivity index is 5.13. The molecule has 2 atom stereocenters. The highest BCUT2D eigenvalue weighted by molar-refractivity contribution is 7.99. The molecule has 0 fully saturated rings. The van der Waals surface area contributed by atoms with Gasteiger partial charge in [0.05, 0.1) is 10.8 Å². The summed E-state index contributed by atoms with van der Waals surface area (Å²) in [6.45, 7) is 11.4. The third kappa shape index (κ3) is 5.99. The van der Waals surface area contributed by atoms with Crippen molar-refractivity contribution in [1.82, 2.24) is 5.32 Å². The van der Waals surface area contributed by atoms with Gasteiger partial charge in [0, 0.05) is 5.92 Å². The fraction of sp³-hybridized carbons (Fsp3) is 0.733. The first kappa shape index (κ1) is 19.0. The van der Waals surface area contributed by atoms with Gasteiger partial charge in [-0.2, -0.15) is 0 Å². The van der Waals surface area contributed by atoms with Gasteiger partial charge in [-0.25, -0.2) is 0 Å². The van der Waals surface area contributed by atoms with E-state index in [0.717, 1.165) is 0 Å². The Hall–Kier alpha value is -0.970. The van der Waals surface area contributed by atoms with Crippen molar-refractivity contribution in [2.24, 2.45) is 23.5 Å². The Morgan fingerprint density at radius 2 is 1.95 bits per heavy atom. The molecular formula is C15H28N2O2S. The largest absolute Gasteiger partial charge is 0.369 e. The Labute approximate surface area is 126 Å². The van der Waals surface area contributed by atoms with Crippen molar-refractivity contribution in [2.45, 2.75) is 45.4 Å². The monoisotopic (exact) mass is 300 g/mol. The number of thioether (sulfide) groups is 1. The molecule has 0 heterocycles. The second-order valence-corrected chi connectivity index (χ2v) is 7.28. The summed E-state index contributed by atoms with van der Waals surface area (Å²) < 4.78 is 0. The van der Waals surface area contributed by atoms with Crippen molar-refractivity contribution in [3.05, 3.63) is 12.7 Å². The van der Waals surface area contributed by atoms with E-state index in [1.807, 2.05) is 34.0 Å². The first-order valence-corrected chi connectivity index (χ1v) is 8.16. The number of carbonyl (C=O) groups excluding carboxylic acids is 2. The average molecular weight is 300 g/mol. The van der Waals surface area contributed by atoms with E-state index >= 15 is 0 Å². The minimum atomic E-state index is -0.453. The summed E-state index contributed by atoms with van der Waals surface area (Å²) in [5.74, 6) is -1.32. The topological polar surface area (TPSA) is 72.2 Å². The summed E-state index contributed by atoms with van der Waals surface area (Å²) in [6.07, 6.45) is 4.93. The van der Waals surface area contributed by atoms with E-state index in [-0.39, 0.29) is 16.7 Å². The van der Waals surface area contributed by atoms with Crippen LogP contribution in [0.5, 0.6) is 0 Å². The van der Waals surface area contributed by atoms with E-state index < -0.39 is 17.7 Å². The first-order chi connectivity index (χ1) is 9.16. The van der Waals surface area contributed by atoms with Gasteiger partial charge in [0.2, 0.25) is 11.8 Å². The predicted octanol–water partition coefficient (Wildman–Crippen LogP) is 2.54. The standard InChI is InChI=1S/C15H28N2O2S/c1-7-8-9-11(13(16)18)12(10(2)3)14(19)17-15(4,5)20-6/h7,10-12H,1,8-9H2,2-6H3,(H2,16,18)(H,17,19)/t11-,12?/m0/s1. The zero-order chi connectivity index (χ0) is 15.9. The summed E-state index contributed by atoms with van der Waals surface area (Å²) in [4.78, 5) is 23.8. The number of nitrogens with two attached hydrogens (primary N) is 1. The van der Waals surface area contributed by atoms with Crippen molar-refractivity contribution < 1.29 is 9.59 Å². The Bertz CT molecular complexity index is 354. The second kappa shape index (κ2) is 8.35. The lowest BCUT2D eigenvalue weighted by atomic mass is 9.79. The molecule has 2 amide bonds. The number of amides is 2. The third-order valence-electron chi connectivity index (χ3n) is 3.44. The Morgan fingerprint density at radius 3 is 2.30 bits per heavy atom. The van der Waals surface area contributed by atoms with Gasteiger partial charge in [-0.1, -0.05) is 19.9 Å². The van der Waals surface area contributed by atoms with E-state index in [4.69, 9.17) is 5.73 Å². The number of rotatable bonds is 9. The van der Waals surface area contributed by atoms with E-state index in [1.54, 1.807) is 17.8 Å². The van der Waals surface area contributed by atoms with Gasteiger partial charge >= 0.3 is 0 Å². The molecule has 0 aliphatic heterocycles. The van der Waals surface area contributed by atoms with Gasteiger partial charge in [0.1, 0.15) is 0 Å². The van der Waals surface area contributed by atoms with Crippen LogP contribution in [0.1, 0.15) is 40.5 Å². The van der Waals surface area contributed by atoms with Crippen LogP contribution < -0.4 is 11.1 Å². The van der Waals surface area contributed by atoms with Crippen LogP contribution in [0.2, 0.25) is 0 Å². The quantitative estimate of drug-likeness (QED) is 0.508. The number of carbonyl (C=O) groups is 2. The summed E-state index contributed by atoms with van der Waals surface area (Å²) in [5, 5.41) is 2.99. The smallest absolute Gasteiger partial charge is 0.225 e. The lowest BCUT2D eigenvalue weighted by molar-refractivity contribution is -0.135. The van der Waals surface area contributed by atoms with Gasteiger partial charge < -0.3 is 11.1 Å². The molecule has 116 valence electrons. The molecule has 0 bridgehead atoms. The van der Waals surface area contributed by atoms with Crippen LogP contribution in [0.15, 0.2) is 12.7 Å². The van der Waals surface area contributed by atoms with Crippen molar-refractivity contribution in [2.75, 3.05) is 6.26 Å². The molecule has 1 unspecified atom stereocenters. The molecule has 0 radical (unpaired) electrons. The minimum Gasteiger partial charge on any atom is -0.369 e. The van der Waals surface area contributed by atoms with Crippen LogP contribution in [-0.4, -0.2) is 22.9 Å². The summed E-state index contributed by atoms with van der Waals surface area (Å²) >= 11 is 1.56. The van der Waals surface area contributed by atoms with E-state index in [9.17, 15) is 9.59 Å². The zero-order valence-electron chi connectivity index (χ0n) is 13.2. The average Bonchev–Trinajstić information content (AvgIpc) is 2.32. The number of nitrogens with one attached hydrogen (secondary N) is 1. The van der Waals surface area contributed by atoms with Crippen LogP contribution in [0.4, 0.5) is 0 Å². The number of hydrogen-bond acceptors (Lipinski definition) is 3. The van der Waals surface area contributed by atoms with Crippen LogP contribution in [-0.2, 0) is 9.59 Å². The normalized spacial score (nSPS) is 14.7. The molecule has 0 rings (SSSR count). The molecule has 0 aromatic heterocycles. The summed E-state index contributed by atoms with van der Waals surface area (Å²) in [6, 6.07) is 0. The van der Waals surface area contributed by atoms with Crippen LogP contribution in [0, 0.1) is 17.8 Å². The molecular weight excluding hydrogens is 272 g/mol.